The topological polar surface area (TPSA) is 21.3 Å². The van der Waals surface area contributed by atoms with Crippen molar-refractivity contribution in [3.63, 3.8) is 0 Å². The summed E-state index contributed by atoms with van der Waals surface area (Å²) in [6.07, 6.45) is 7.42. The molecular formula is C8H13NO. The summed E-state index contributed by atoms with van der Waals surface area (Å²) >= 11 is 0. The lowest BCUT2D eigenvalue weighted by molar-refractivity contribution is 0.0212. The van der Waals surface area contributed by atoms with E-state index in [-0.39, 0.29) is 5.60 Å². The highest BCUT2D eigenvalue weighted by Crippen LogP contribution is 2.18. The van der Waals surface area contributed by atoms with Crippen LogP contribution in [0.3, 0.4) is 0 Å². The van der Waals surface area contributed by atoms with Gasteiger partial charge in [-0.25, -0.2) is 0 Å². The Bertz CT molecular complexity index is 142. The zero-order chi connectivity index (χ0) is 7.45. The van der Waals surface area contributed by atoms with E-state index < -0.39 is 0 Å². The molecule has 0 bridgehead atoms. The van der Waals surface area contributed by atoms with Gasteiger partial charge in [-0.3, -0.25) is 0 Å². The average molecular weight is 139 g/mol. The Hall–Kier alpha value is -0.520. The van der Waals surface area contributed by atoms with Gasteiger partial charge in [0.25, 0.3) is 0 Å². The molecule has 1 heterocycles. The highest BCUT2D eigenvalue weighted by Gasteiger charge is 2.28. The Labute approximate surface area is 62.0 Å². The minimum atomic E-state index is -0.321. The van der Waals surface area contributed by atoms with Gasteiger partial charge in [0.2, 0.25) is 0 Å². The van der Waals surface area contributed by atoms with Crippen molar-refractivity contribution in [2.45, 2.75) is 18.4 Å². The molecule has 1 aliphatic heterocycles. The summed E-state index contributed by atoms with van der Waals surface area (Å²) in [6.45, 7) is 1.85. The average Bonchev–Trinajstić information content (AvgIpc) is 2.06. The van der Waals surface area contributed by atoms with Gasteiger partial charge in [-0.05, 0) is 19.4 Å². The van der Waals surface area contributed by atoms with Gasteiger partial charge >= 0.3 is 0 Å². The van der Waals surface area contributed by atoms with Gasteiger partial charge in [0.05, 0.1) is 0 Å². The predicted molar refractivity (Wildman–Crippen MR) is 40.7 cm³/mol. The summed E-state index contributed by atoms with van der Waals surface area (Å²) in [5.41, 5.74) is -0.321. The molecule has 0 saturated carbocycles. The number of piperidine rings is 1. The molecule has 0 spiro atoms. The van der Waals surface area contributed by atoms with Crippen LogP contribution in [0.5, 0.6) is 0 Å². The van der Waals surface area contributed by atoms with Gasteiger partial charge in [-0.1, -0.05) is 5.92 Å². The maximum absolute atomic E-state index is 5.33. The van der Waals surface area contributed by atoms with E-state index in [9.17, 15) is 0 Å². The van der Waals surface area contributed by atoms with E-state index in [1.54, 1.807) is 7.11 Å². The fraction of sp³-hybridized carbons (Fsp3) is 0.750. The lowest BCUT2D eigenvalue weighted by atomic mass is 9.95. The first kappa shape index (κ1) is 7.59. The van der Waals surface area contributed by atoms with Crippen molar-refractivity contribution in [3.8, 4) is 12.3 Å². The number of hydrogen-bond acceptors (Lipinski definition) is 2. The van der Waals surface area contributed by atoms with Crippen LogP contribution in [-0.4, -0.2) is 25.8 Å². The lowest BCUT2D eigenvalue weighted by Gasteiger charge is -2.31. The first-order chi connectivity index (χ1) is 4.83. The molecule has 2 nitrogen and oxygen atoms in total. The molecule has 56 valence electrons. The maximum atomic E-state index is 5.33. The van der Waals surface area contributed by atoms with Crippen LogP contribution in [0.25, 0.3) is 0 Å². The summed E-state index contributed by atoms with van der Waals surface area (Å²) < 4.78 is 5.23. The number of methoxy groups -OCH3 is 1. The van der Waals surface area contributed by atoms with E-state index in [2.05, 4.69) is 11.2 Å². The number of ether oxygens (including phenoxy) is 1. The van der Waals surface area contributed by atoms with Crippen LogP contribution in [0.4, 0.5) is 0 Å². The Morgan fingerprint density at radius 3 is 2.80 bits per heavy atom. The summed E-state index contributed by atoms with van der Waals surface area (Å²) in [7, 11) is 1.67. The van der Waals surface area contributed by atoms with Crippen LogP contribution in [0, 0.1) is 12.3 Å². The van der Waals surface area contributed by atoms with E-state index in [0.29, 0.717) is 0 Å². The minimum Gasteiger partial charge on any atom is -0.364 e. The van der Waals surface area contributed by atoms with Crippen LogP contribution in [0.15, 0.2) is 0 Å². The van der Waals surface area contributed by atoms with Gasteiger partial charge in [0.15, 0.2) is 0 Å². The molecular weight excluding hydrogens is 126 g/mol. The van der Waals surface area contributed by atoms with Crippen LogP contribution >= 0.6 is 0 Å². The van der Waals surface area contributed by atoms with Gasteiger partial charge in [0.1, 0.15) is 5.60 Å². The second-order valence-corrected chi connectivity index (χ2v) is 2.62. The Balaban J connectivity index is 2.55. The minimum absolute atomic E-state index is 0.321. The van der Waals surface area contributed by atoms with Crippen molar-refractivity contribution in [3.05, 3.63) is 0 Å². The van der Waals surface area contributed by atoms with E-state index in [1.165, 1.54) is 0 Å². The van der Waals surface area contributed by atoms with Crippen molar-refractivity contribution < 1.29 is 4.74 Å². The normalized spacial score (nSPS) is 33.2. The fourth-order valence-corrected chi connectivity index (χ4v) is 1.23. The van der Waals surface area contributed by atoms with E-state index in [0.717, 1.165) is 25.9 Å². The summed E-state index contributed by atoms with van der Waals surface area (Å²) in [4.78, 5) is 0. The molecule has 1 aliphatic rings. The molecule has 1 fully saturated rings. The van der Waals surface area contributed by atoms with E-state index >= 15 is 0 Å². The number of hydrogen-bond donors (Lipinski definition) is 1. The Morgan fingerprint density at radius 1 is 1.70 bits per heavy atom. The van der Waals surface area contributed by atoms with E-state index in [1.807, 2.05) is 0 Å². The fourth-order valence-electron chi connectivity index (χ4n) is 1.23. The van der Waals surface area contributed by atoms with Gasteiger partial charge in [0, 0.05) is 13.7 Å². The summed E-state index contributed by atoms with van der Waals surface area (Å²) in [5.74, 6) is 2.68. The molecule has 0 aromatic heterocycles. The molecule has 2 heteroatoms. The molecule has 1 rings (SSSR count). The SMILES string of the molecule is C#CC1(OC)CCCNC1. The summed E-state index contributed by atoms with van der Waals surface area (Å²) in [6, 6.07) is 0. The molecule has 0 radical (unpaired) electrons. The van der Waals surface area contributed by atoms with Crippen molar-refractivity contribution in [1.82, 2.24) is 5.32 Å². The largest absolute Gasteiger partial charge is 0.364 e. The zero-order valence-corrected chi connectivity index (χ0v) is 6.31. The van der Waals surface area contributed by atoms with Crippen LogP contribution < -0.4 is 5.32 Å². The summed E-state index contributed by atoms with van der Waals surface area (Å²) in [5, 5.41) is 3.21. The number of nitrogens with one attached hydrogen (secondary N) is 1. The molecule has 0 aliphatic carbocycles. The van der Waals surface area contributed by atoms with Crippen LogP contribution in [0.2, 0.25) is 0 Å². The first-order valence-corrected chi connectivity index (χ1v) is 3.57. The third-order valence-corrected chi connectivity index (χ3v) is 2.00. The standard InChI is InChI=1S/C8H13NO/c1-3-8(10-2)5-4-6-9-7-8/h1,9H,4-7H2,2H3. The third-order valence-electron chi connectivity index (χ3n) is 2.00. The lowest BCUT2D eigenvalue weighted by Crippen LogP contribution is -2.45. The molecule has 1 N–H and O–H groups in total. The Kier molecular flexibility index (Phi) is 2.31. The second-order valence-electron chi connectivity index (χ2n) is 2.62. The van der Waals surface area contributed by atoms with Crippen LogP contribution in [-0.2, 0) is 4.74 Å². The first-order valence-electron chi connectivity index (χ1n) is 3.57. The van der Waals surface area contributed by atoms with Gasteiger partial charge < -0.3 is 10.1 Å². The van der Waals surface area contributed by atoms with E-state index in [4.69, 9.17) is 11.2 Å². The van der Waals surface area contributed by atoms with Crippen molar-refractivity contribution in [1.29, 1.82) is 0 Å². The monoisotopic (exact) mass is 139 g/mol. The smallest absolute Gasteiger partial charge is 0.140 e. The molecule has 1 unspecified atom stereocenters. The maximum Gasteiger partial charge on any atom is 0.140 e. The van der Waals surface area contributed by atoms with Gasteiger partial charge in [-0.15, -0.1) is 6.42 Å². The molecule has 10 heavy (non-hydrogen) atoms. The zero-order valence-electron chi connectivity index (χ0n) is 6.31. The third kappa shape index (κ3) is 1.31. The van der Waals surface area contributed by atoms with Crippen molar-refractivity contribution in [2.24, 2.45) is 0 Å². The quantitative estimate of drug-likeness (QED) is 0.530. The van der Waals surface area contributed by atoms with Crippen LogP contribution in [0.1, 0.15) is 12.8 Å². The molecule has 1 saturated heterocycles. The highest BCUT2D eigenvalue weighted by molar-refractivity contribution is 5.11. The van der Waals surface area contributed by atoms with Gasteiger partial charge in [-0.2, -0.15) is 0 Å². The number of rotatable bonds is 1. The molecule has 0 aromatic carbocycles. The van der Waals surface area contributed by atoms with Crippen molar-refractivity contribution in [2.75, 3.05) is 20.2 Å². The molecule has 0 amide bonds. The highest BCUT2D eigenvalue weighted by atomic mass is 16.5. The molecule has 0 aromatic rings. The van der Waals surface area contributed by atoms with Crippen molar-refractivity contribution >= 4 is 0 Å². The second kappa shape index (κ2) is 3.05. The predicted octanol–water partition coefficient (Wildman–Crippen LogP) is 0.388. The molecule has 1 atom stereocenters. The Morgan fingerprint density at radius 2 is 2.50 bits per heavy atom. The number of terminal acetylenes is 1.